The molecule has 2 heterocycles. The molecule has 2 aromatic rings. The van der Waals surface area contributed by atoms with E-state index in [9.17, 15) is 4.79 Å². The summed E-state index contributed by atoms with van der Waals surface area (Å²) in [5, 5.41) is 6.07. The van der Waals surface area contributed by atoms with E-state index in [1.54, 1.807) is 12.3 Å². The maximum Gasteiger partial charge on any atom is 0.281 e. The number of rotatable bonds is 4. The minimum Gasteiger partial charge on any atom is -0.364 e. The Hall–Kier alpha value is -2.14. The molecule has 0 saturated carbocycles. The number of carbonyl (C=O) groups excluding carboxylic acids is 1. The number of nitrogens with zero attached hydrogens (tertiary/aromatic N) is 2. The summed E-state index contributed by atoms with van der Waals surface area (Å²) in [5.41, 5.74) is 7.66. The number of hydrazone groups is 1. The van der Waals surface area contributed by atoms with Crippen molar-refractivity contribution in [1.82, 2.24) is 5.43 Å². The minimum atomic E-state index is -0.169. The van der Waals surface area contributed by atoms with E-state index in [1.807, 2.05) is 11.4 Å². The second kappa shape index (κ2) is 7.47. The lowest BCUT2D eigenvalue weighted by molar-refractivity contribution is 0.0959. The second-order valence-corrected chi connectivity index (χ2v) is 9.27. The highest BCUT2D eigenvalue weighted by molar-refractivity contribution is 7.12. The summed E-state index contributed by atoms with van der Waals surface area (Å²) in [6.07, 6.45) is 2.88. The molecule has 0 bridgehead atoms. The van der Waals surface area contributed by atoms with E-state index in [1.165, 1.54) is 28.2 Å². The molecule has 0 radical (unpaired) electrons. The maximum atomic E-state index is 12.0. The van der Waals surface area contributed by atoms with Crippen LogP contribution < -0.4 is 10.3 Å². The Morgan fingerprint density at radius 3 is 2.78 bits per heavy atom. The standard InChI is InChI=1S/C22H29N3OS/c1-14(2)25-19-10-15(3)17(11-18(19)16(4)12-22(25,5)6)13-23-24-21(26)20-8-7-9-27-20/h7-11,13-14,16H,12H2,1-6H3,(H,24,26)/b23-13-. The topological polar surface area (TPSA) is 44.7 Å². The first-order valence-corrected chi connectivity index (χ1v) is 10.4. The molecule has 1 unspecified atom stereocenters. The van der Waals surface area contributed by atoms with Crippen molar-refractivity contribution in [2.24, 2.45) is 5.10 Å². The van der Waals surface area contributed by atoms with Gasteiger partial charge in [0.2, 0.25) is 0 Å². The first-order valence-electron chi connectivity index (χ1n) is 9.51. The molecule has 1 N–H and O–H groups in total. The van der Waals surface area contributed by atoms with Gasteiger partial charge in [0.25, 0.3) is 5.91 Å². The van der Waals surface area contributed by atoms with Crippen LogP contribution in [0.5, 0.6) is 0 Å². The van der Waals surface area contributed by atoms with Gasteiger partial charge in [0.15, 0.2) is 0 Å². The van der Waals surface area contributed by atoms with Gasteiger partial charge in [0.1, 0.15) is 0 Å². The highest BCUT2D eigenvalue weighted by Gasteiger charge is 2.37. The van der Waals surface area contributed by atoms with Gasteiger partial charge >= 0.3 is 0 Å². The molecule has 144 valence electrons. The van der Waals surface area contributed by atoms with Gasteiger partial charge in [0.05, 0.1) is 11.1 Å². The molecule has 0 fully saturated rings. The molecule has 1 atom stereocenters. The van der Waals surface area contributed by atoms with Crippen molar-refractivity contribution in [3.8, 4) is 0 Å². The van der Waals surface area contributed by atoms with Gasteiger partial charge in [-0.1, -0.05) is 13.0 Å². The van der Waals surface area contributed by atoms with Crippen LogP contribution in [0.4, 0.5) is 5.69 Å². The van der Waals surface area contributed by atoms with Gasteiger partial charge in [-0.25, -0.2) is 5.43 Å². The van der Waals surface area contributed by atoms with Crippen LogP contribution in [-0.4, -0.2) is 23.7 Å². The van der Waals surface area contributed by atoms with Crippen molar-refractivity contribution in [1.29, 1.82) is 0 Å². The van der Waals surface area contributed by atoms with E-state index in [-0.39, 0.29) is 11.4 Å². The zero-order valence-corrected chi connectivity index (χ0v) is 17.9. The van der Waals surface area contributed by atoms with Gasteiger partial charge in [-0.05, 0) is 87.2 Å². The molecule has 0 aliphatic carbocycles. The van der Waals surface area contributed by atoms with Gasteiger partial charge in [-0.15, -0.1) is 11.3 Å². The monoisotopic (exact) mass is 383 g/mol. The number of nitrogens with one attached hydrogen (secondary N) is 1. The minimum absolute atomic E-state index is 0.136. The van der Waals surface area contributed by atoms with Gasteiger partial charge in [-0.2, -0.15) is 5.10 Å². The lowest BCUT2D eigenvalue weighted by Gasteiger charge is -2.50. The third-order valence-corrected chi connectivity index (χ3v) is 6.16. The molecule has 1 aliphatic heterocycles. The highest BCUT2D eigenvalue weighted by atomic mass is 32.1. The van der Waals surface area contributed by atoms with E-state index in [0.29, 0.717) is 16.8 Å². The molecule has 3 rings (SSSR count). The van der Waals surface area contributed by atoms with Crippen molar-refractivity contribution in [3.05, 3.63) is 51.2 Å². The summed E-state index contributed by atoms with van der Waals surface area (Å²) in [4.78, 5) is 15.2. The number of hydrogen-bond donors (Lipinski definition) is 1. The Morgan fingerprint density at radius 2 is 2.15 bits per heavy atom. The van der Waals surface area contributed by atoms with E-state index >= 15 is 0 Å². The Bertz CT molecular complexity index is 853. The Labute approximate surface area is 166 Å². The normalized spacial score (nSPS) is 18.8. The fourth-order valence-corrected chi connectivity index (χ4v) is 4.97. The molecule has 1 aromatic heterocycles. The van der Waals surface area contributed by atoms with Crippen molar-refractivity contribution in [3.63, 3.8) is 0 Å². The first kappa shape index (κ1) is 19.6. The molecule has 4 nitrogen and oxygen atoms in total. The number of hydrogen-bond acceptors (Lipinski definition) is 4. The van der Waals surface area contributed by atoms with Crippen molar-refractivity contribution >= 4 is 29.1 Å². The highest BCUT2D eigenvalue weighted by Crippen LogP contribution is 2.45. The lowest BCUT2D eigenvalue weighted by Crippen LogP contribution is -2.51. The number of amides is 1. The van der Waals surface area contributed by atoms with Gasteiger partial charge in [0, 0.05) is 17.3 Å². The molecule has 1 aromatic carbocycles. The Morgan fingerprint density at radius 1 is 1.41 bits per heavy atom. The quantitative estimate of drug-likeness (QED) is 0.573. The van der Waals surface area contributed by atoms with E-state index in [4.69, 9.17) is 0 Å². The summed E-state index contributed by atoms with van der Waals surface area (Å²) >= 11 is 1.41. The molecule has 1 amide bonds. The smallest absolute Gasteiger partial charge is 0.281 e. The van der Waals surface area contributed by atoms with Crippen molar-refractivity contribution in [2.45, 2.75) is 65.5 Å². The van der Waals surface area contributed by atoms with E-state index in [2.05, 4.69) is 69.1 Å². The van der Waals surface area contributed by atoms with Crippen LogP contribution >= 0.6 is 11.3 Å². The van der Waals surface area contributed by atoms with Crippen LogP contribution in [0.15, 0.2) is 34.7 Å². The third kappa shape index (κ3) is 3.93. The summed E-state index contributed by atoms with van der Waals surface area (Å²) in [6, 6.07) is 8.61. The summed E-state index contributed by atoms with van der Waals surface area (Å²) in [7, 11) is 0. The summed E-state index contributed by atoms with van der Waals surface area (Å²) in [5.74, 6) is 0.316. The van der Waals surface area contributed by atoms with Crippen LogP contribution in [0.3, 0.4) is 0 Å². The Kier molecular flexibility index (Phi) is 5.43. The lowest BCUT2D eigenvalue weighted by atomic mass is 9.78. The SMILES string of the molecule is Cc1cc2c(cc1/C=N\NC(=O)c1cccs1)C(C)CC(C)(C)N2C(C)C. The molecular formula is C22H29N3OS. The van der Waals surface area contributed by atoms with Crippen LogP contribution in [-0.2, 0) is 0 Å². The fourth-order valence-electron chi connectivity index (χ4n) is 4.35. The zero-order chi connectivity index (χ0) is 19.8. The Balaban J connectivity index is 1.88. The molecular weight excluding hydrogens is 354 g/mol. The molecule has 5 heteroatoms. The third-order valence-electron chi connectivity index (χ3n) is 5.29. The predicted octanol–water partition coefficient (Wildman–Crippen LogP) is 5.32. The van der Waals surface area contributed by atoms with Gasteiger partial charge in [-0.3, -0.25) is 4.79 Å². The molecule has 0 saturated heterocycles. The molecule has 0 spiro atoms. The molecule has 1 aliphatic rings. The first-order chi connectivity index (χ1) is 12.7. The van der Waals surface area contributed by atoms with Crippen LogP contribution in [0.2, 0.25) is 0 Å². The van der Waals surface area contributed by atoms with E-state index in [0.717, 1.165) is 12.0 Å². The van der Waals surface area contributed by atoms with Crippen LogP contribution in [0, 0.1) is 6.92 Å². The number of carbonyl (C=O) groups is 1. The largest absolute Gasteiger partial charge is 0.364 e. The second-order valence-electron chi connectivity index (χ2n) is 8.33. The average Bonchev–Trinajstić information content (AvgIpc) is 3.09. The molecule has 27 heavy (non-hydrogen) atoms. The van der Waals surface area contributed by atoms with Crippen molar-refractivity contribution < 1.29 is 4.79 Å². The average molecular weight is 384 g/mol. The number of anilines is 1. The summed E-state index contributed by atoms with van der Waals surface area (Å²) < 4.78 is 0. The van der Waals surface area contributed by atoms with Crippen molar-refractivity contribution in [2.75, 3.05) is 4.90 Å². The number of fused-ring (bicyclic) bond motifs is 1. The number of benzene rings is 1. The maximum absolute atomic E-state index is 12.0. The van der Waals surface area contributed by atoms with Crippen LogP contribution in [0.25, 0.3) is 0 Å². The zero-order valence-electron chi connectivity index (χ0n) is 17.0. The number of thiophene rings is 1. The van der Waals surface area contributed by atoms with Crippen LogP contribution in [0.1, 0.15) is 73.3 Å². The van der Waals surface area contributed by atoms with Gasteiger partial charge < -0.3 is 4.90 Å². The fraction of sp³-hybridized carbons (Fsp3) is 0.455. The van der Waals surface area contributed by atoms with E-state index < -0.39 is 0 Å². The predicted molar refractivity (Wildman–Crippen MR) is 115 cm³/mol. The number of aryl methyl sites for hydroxylation is 1. The summed E-state index contributed by atoms with van der Waals surface area (Å²) in [6.45, 7) is 13.6.